The SMILES string of the molecule is C=C(CC(=O)OC1(c2ccc(S(F)(F)(F)(F)F)cc2)CCC1)C(=O)OCCC(=O)OCC(Cl)(Cl)Cl. The lowest BCUT2D eigenvalue weighted by molar-refractivity contribution is -0.171. The standard InChI is InChI=1S/C20H20Cl3F5O6S/c1-13(18(31)32-10-7-16(29)33-12-20(21,22)23)11-17(30)34-19(8-2-9-19)14-3-5-15(6-4-14)35(24,25,26,27)28/h3-6H,1-2,7-12H2. The lowest BCUT2D eigenvalue weighted by atomic mass is 9.75. The van der Waals surface area contributed by atoms with Gasteiger partial charge in [-0.2, -0.15) is 0 Å². The highest BCUT2D eigenvalue weighted by atomic mass is 35.6. The summed E-state index contributed by atoms with van der Waals surface area (Å²) in [5, 5.41) is 0. The second kappa shape index (κ2) is 9.60. The number of rotatable bonds is 10. The van der Waals surface area contributed by atoms with Crippen molar-refractivity contribution in [1.29, 1.82) is 0 Å². The van der Waals surface area contributed by atoms with Gasteiger partial charge in [-0.1, -0.05) is 72.9 Å². The van der Waals surface area contributed by atoms with E-state index in [-0.39, 0.29) is 42.5 Å². The first-order valence-corrected chi connectivity index (χ1v) is 12.9. The molecule has 1 saturated carbocycles. The number of hydrogen-bond acceptors (Lipinski definition) is 6. The first kappa shape index (κ1) is 29.5. The smallest absolute Gasteiger partial charge is 0.334 e. The van der Waals surface area contributed by atoms with E-state index in [9.17, 15) is 33.8 Å². The highest BCUT2D eigenvalue weighted by Gasteiger charge is 2.65. The van der Waals surface area contributed by atoms with Gasteiger partial charge in [-0.15, -0.1) is 0 Å². The van der Waals surface area contributed by atoms with Crippen LogP contribution in [0.2, 0.25) is 0 Å². The average Bonchev–Trinajstić information content (AvgIpc) is 2.67. The minimum atomic E-state index is -9.83. The quantitative estimate of drug-likeness (QED) is 0.0956. The molecule has 0 radical (unpaired) electrons. The molecule has 0 heterocycles. The third-order valence-corrected chi connectivity index (χ3v) is 6.37. The van der Waals surface area contributed by atoms with Gasteiger partial charge in [0.2, 0.25) is 3.79 Å². The number of hydrogen-bond donors (Lipinski definition) is 0. The first-order valence-electron chi connectivity index (χ1n) is 9.85. The molecule has 6 nitrogen and oxygen atoms in total. The second-order valence-electron chi connectivity index (χ2n) is 7.76. The summed E-state index contributed by atoms with van der Waals surface area (Å²) in [6.07, 6.45) is 0.113. The molecule has 0 aromatic heterocycles. The monoisotopic (exact) mass is 588 g/mol. The molecule has 0 atom stereocenters. The van der Waals surface area contributed by atoms with E-state index >= 15 is 0 Å². The average molecular weight is 590 g/mol. The summed E-state index contributed by atoms with van der Waals surface area (Å²) in [5.74, 6) is -2.73. The van der Waals surface area contributed by atoms with Gasteiger partial charge >= 0.3 is 28.1 Å². The van der Waals surface area contributed by atoms with Crippen LogP contribution in [-0.4, -0.2) is 34.9 Å². The maximum absolute atomic E-state index is 12.9. The minimum absolute atomic E-state index is 0.115. The summed E-state index contributed by atoms with van der Waals surface area (Å²) in [6, 6.07) is 2.17. The van der Waals surface area contributed by atoms with Crippen molar-refractivity contribution in [3.8, 4) is 0 Å². The topological polar surface area (TPSA) is 78.9 Å². The van der Waals surface area contributed by atoms with Crippen LogP contribution in [0.4, 0.5) is 19.4 Å². The Bertz CT molecular complexity index is 1010. The van der Waals surface area contributed by atoms with Gasteiger partial charge in [0.1, 0.15) is 23.7 Å². The van der Waals surface area contributed by atoms with Crippen molar-refractivity contribution in [3.63, 3.8) is 0 Å². The van der Waals surface area contributed by atoms with Gasteiger partial charge in [0.05, 0.1) is 12.8 Å². The Morgan fingerprint density at radius 3 is 2.00 bits per heavy atom. The van der Waals surface area contributed by atoms with Gasteiger partial charge < -0.3 is 14.2 Å². The van der Waals surface area contributed by atoms with Crippen molar-refractivity contribution in [2.75, 3.05) is 13.2 Å². The fraction of sp³-hybridized carbons (Fsp3) is 0.450. The minimum Gasteiger partial charge on any atom is -0.462 e. The molecule has 0 unspecified atom stereocenters. The van der Waals surface area contributed by atoms with E-state index in [0.717, 1.165) is 12.1 Å². The molecule has 1 aliphatic rings. The largest absolute Gasteiger partial charge is 0.462 e. The van der Waals surface area contributed by atoms with Gasteiger partial charge in [0, 0.05) is 5.57 Å². The summed E-state index contributed by atoms with van der Waals surface area (Å²) in [4.78, 5) is 33.7. The Hall–Kier alpha value is -1.76. The van der Waals surface area contributed by atoms with Crippen molar-refractivity contribution >= 4 is 62.9 Å². The molecule has 198 valence electrons. The van der Waals surface area contributed by atoms with Crippen LogP contribution >= 0.6 is 45.0 Å². The Morgan fingerprint density at radius 2 is 1.54 bits per heavy atom. The van der Waals surface area contributed by atoms with Crippen LogP contribution < -0.4 is 0 Å². The van der Waals surface area contributed by atoms with Crippen molar-refractivity contribution in [1.82, 2.24) is 0 Å². The maximum Gasteiger partial charge on any atom is 0.334 e. The van der Waals surface area contributed by atoms with Crippen LogP contribution in [0.25, 0.3) is 0 Å². The van der Waals surface area contributed by atoms with Crippen molar-refractivity contribution in [2.45, 2.75) is 46.4 Å². The Kier molecular flexibility index (Phi) is 8.09. The summed E-state index contributed by atoms with van der Waals surface area (Å²) in [6.45, 7) is 2.50. The Morgan fingerprint density at radius 1 is 0.971 bits per heavy atom. The highest BCUT2D eigenvalue weighted by molar-refractivity contribution is 8.45. The molecule has 0 spiro atoms. The lowest BCUT2D eigenvalue weighted by Crippen LogP contribution is -2.39. The third-order valence-electron chi connectivity index (χ3n) is 4.88. The Labute approximate surface area is 212 Å². The molecule has 0 amide bonds. The molecule has 35 heavy (non-hydrogen) atoms. The number of halogens is 8. The van der Waals surface area contributed by atoms with Crippen molar-refractivity contribution in [2.24, 2.45) is 0 Å². The third kappa shape index (κ3) is 9.00. The molecule has 1 aromatic rings. The molecule has 0 bridgehead atoms. The van der Waals surface area contributed by atoms with E-state index in [0.29, 0.717) is 6.42 Å². The van der Waals surface area contributed by atoms with Crippen LogP contribution in [0.3, 0.4) is 0 Å². The molecule has 1 fully saturated rings. The van der Waals surface area contributed by atoms with Crippen molar-refractivity contribution in [3.05, 3.63) is 42.0 Å². The van der Waals surface area contributed by atoms with Crippen LogP contribution in [0.5, 0.6) is 0 Å². The zero-order chi connectivity index (χ0) is 26.8. The fourth-order valence-electron chi connectivity index (χ4n) is 3.03. The number of esters is 3. The maximum atomic E-state index is 12.9. The molecule has 0 saturated heterocycles. The predicted molar refractivity (Wildman–Crippen MR) is 120 cm³/mol. The number of carbonyl (C=O) groups is 3. The lowest BCUT2D eigenvalue weighted by Gasteiger charge is -2.43. The molecule has 0 N–H and O–H groups in total. The van der Waals surface area contributed by atoms with E-state index in [4.69, 9.17) is 44.3 Å². The molecule has 2 rings (SSSR count). The summed E-state index contributed by atoms with van der Waals surface area (Å²) in [5.41, 5.74) is -1.50. The molecular formula is C20H20Cl3F5O6S. The number of carbonyl (C=O) groups excluding carboxylic acids is 3. The van der Waals surface area contributed by atoms with Crippen LogP contribution in [-0.2, 0) is 34.2 Å². The molecular weight excluding hydrogens is 570 g/mol. The van der Waals surface area contributed by atoms with Gasteiger partial charge in [0.15, 0.2) is 0 Å². The molecule has 1 aromatic carbocycles. The van der Waals surface area contributed by atoms with Crippen molar-refractivity contribution < 1.29 is 48.0 Å². The number of ether oxygens (including phenoxy) is 3. The zero-order valence-electron chi connectivity index (χ0n) is 17.8. The number of benzene rings is 1. The van der Waals surface area contributed by atoms with Gasteiger partial charge in [-0.05, 0) is 37.0 Å². The van der Waals surface area contributed by atoms with E-state index in [1.807, 2.05) is 0 Å². The second-order valence-corrected chi connectivity index (χ2v) is 12.7. The molecule has 0 aliphatic heterocycles. The summed E-state index contributed by atoms with van der Waals surface area (Å²) >= 11 is 16.3. The van der Waals surface area contributed by atoms with Crippen LogP contribution in [0, 0.1) is 0 Å². The van der Waals surface area contributed by atoms with E-state index in [1.54, 1.807) is 0 Å². The van der Waals surface area contributed by atoms with Crippen LogP contribution in [0.15, 0.2) is 41.3 Å². The number of alkyl halides is 3. The predicted octanol–water partition coefficient (Wildman–Crippen LogP) is 7.06. The summed E-state index contributed by atoms with van der Waals surface area (Å²) in [7, 11) is -9.83. The van der Waals surface area contributed by atoms with Gasteiger partial charge in [0.25, 0.3) is 0 Å². The first-order chi connectivity index (χ1) is 15.7. The molecule has 15 heteroatoms. The molecule has 1 aliphatic carbocycles. The van der Waals surface area contributed by atoms with E-state index < -0.39 is 62.1 Å². The summed E-state index contributed by atoms with van der Waals surface area (Å²) < 4.78 is 77.7. The Balaban J connectivity index is 1.89. The zero-order valence-corrected chi connectivity index (χ0v) is 20.9. The fourth-order valence-corrected chi connectivity index (χ4v) is 3.84. The normalized spacial score (nSPS) is 17.3. The highest BCUT2D eigenvalue weighted by Crippen LogP contribution is 3.02. The van der Waals surface area contributed by atoms with E-state index in [1.165, 1.54) is 0 Å². The van der Waals surface area contributed by atoms with Crippen LogP contribution in [0.1, 0.15) is 37.7 Å². The van der Waals surface area contributed by atoms with E-state index in [2.05, 4.69) is 11.3 Å². The van der Waals surface area contributed by atoms with Gasteiger partial charge in [-0.25, -0.2) is 4.79 Å². The van der Waals surface area contributed by atoms with Gasteiger partial charge in [-0.3, -0.25) is 9.59 Å².